The molecule has 6 nitrogen and oxygen atoms in total. The number of aromatic nitrogens is 3. The molecule has 0 saturated heterocycles. The number of carbonyl (C=O) groups is 1. The number of rotatable bonds is 6. The topological polar surface area (TPSA) is 68.9 Å². The zero-order chi connectivity index (χ0) is 22.8. The Morgan fingerprint density at radius 3 is 2.34 bits per heavy atom. The molecule has 0 radical (unpaired) electrons. The Labute approximate surface area is 187 Å². The maximum Gasteiger partial charge on any atom is 0.255 e. The lowest BCUT2D eigenvalue weighted by molar-refractivity contribution is -0.116. The lowest BCUT2D eigenvalue weighted by Gasteiger charge is -2.14. The van der Waals surface area contributed by atoms with E-state index in [1.54, 1.807) is 4.57 Å². The van der Waals surface area contributed by atoms with Gasteiger partial charge in [-0.3, -0.25) is 14.2 Å². The number of pyridine rings is 1. The van der Waals surface area contributed by atoms with E-state index in [0.29, 0.717) is 18.5 Å². The minimum absolute atomic E-state index is 0.0572. The molecule has 32 heavy (non-hydrogen) atoms. The maximum atomic E-state index is 13.4. The molecular formula is C26H28N4O2. The van der Waals surface area contributed by atoms with E-state index in [9.17, 15) is 9.59 Å². The first kappa shape index (κ1) is 21.6. The second kappa shape index (κ2) is 8.83. The third-order valence-corrected chi connectivity index (χ3v) is 5.88. The highest BCUT2D eigenvalue weighted by Gasteiger charge is 2.21. The number of benzene rings is 2. The van der Waals surface area contributed by atoms with E-state index in [0.717, 1.165) is 33.7 Å². The number of nitrogens with one attached hydrogen (secondary N) is 1. The van der Waals surface area contributed by atoms with E-state index in [1.165, 1.54) is 5.56 Å². The van der Waals surface area contributed by atoms with Gasteiger partial charge in [0.15, 0.2) is 0 Å². The van der Waals surface area contributed by atoms with E-state index >= 15 is 0 Å². The number of aryl methyl sites for hydroxylation is 4. The number of fused-ring (bicyclic) bond motifs is 1. The lowest BCUT2D eigenvalue weighted by atomic mass is 10.0. The van der Waals surface area contributed by atoms with Gasteiger partial charge in [-0.05, 0) is 63.9 Å². The van der Waals surface area contributed by atoms with Crippen molar-refractivity contribution in [3.8, 4) is 5.69 Å². The highest BCUT2D eigenvalue weighted by molar-refractivity contribution is 5.91. The number of hydrogen-bond acceptors (Lipinski definition) is 3. The Hall–Kier alpha value is -3.67. The molecule has 2 aromatic heterocycles. The van der Waals surface area contributed by atoms with E-state index < -0.39 is 0 Å². The normalized spacial score (nSPS) is 11.1. The number of anilines is 1. The predicted molar refractivity (Wildman–Crippen MR) is 129 cm³/mol. The summed E-state index contributed by atoms with van der Waals surface area (Å²) in [5.74, 6) is -0.106. The van der Waals surface area contributed by atoms with Crippen LogP contribution in [0.4, 0.5) is 5.69 Å². The largest absolute Gasteiger partial charge is 0.326 e. The van der Waals surface area contributed by atoms with Crippen LogP contribution in [0.25, 0.3) is 16.7 Å². The molecule has 6 heteroatoms. The molecule has 0 unspecified atom stereocenters. The van der Waals surface area contributed by atoms with Crippen molar-refractivity contribution in [1.82, 2.24) is 14.3 Å². The molecule has 0 fully saturated rings. The average Bonchev–Trinajstić information content (AvgIpc) is 3.12. The monoisotopic (exact) mass is 428 g/mol. The van der Waals surface area contributed by atoms with Crippen LogP contribution in [0.2, 0.25) is 0 Å². The van der Waals surface area contributed by atoms with Gasteiger partial charge in [-0.25, -0.2) is 4.68 Å². The fraction of sp³-hybridized carbons (Fsp3) is 0.269. The predicted octanol–water partition coefficient (Wildman–Crippen LogP) is 4.70. The van der Waals surface area contributed by atoms with Crippen molar-refractivity contribution in [2.75, 3.05) is 5.32 Å². The van der Waals surface area contributed by atoms with Crippen molar-refractivity contribution < 1.29 is 4.79 Å². The molecule has 2 heterocycles. The van der Waals surface area contributed by atoms with E-state index in [1.807, 2.05) is 87.0 Å². The van der Waals surface area contributed by atoms with Crippen LogP contribution in [0, 0.1) is 20.8 Å². The fourth-order valence-corrected chi connectivity index (χ4v) is 4.21. The molecule has 4 rings (SSSR count). The Bertz CT molecular complexity index is 1330. The minimum Gasteiger partial charge on any atom is -0.326 e. The smallest absolute Gasteiger partial charge is 0.255 e. The molecule has 0 aliphatic heterocycles. The van der Waals surface area contributed by atoms with Crippen molar-refractivity contribution >= 4 is 22.6 Å². The molecule has 1 amide bonds. The van der Waals surface area contributed by atoms with Crippen molar-refractivity contribution in [2.24, 2.45) is 0 Å². The van der Waals surface area contributed by atoms with Crippen LogP contribution in [0.1, 0.15) is 35.7 Å². The van der Waals surface area contributed by atoms with Gasteiger partial charge in [-0.15, -0.1) is 0 Å². The van der Waals surface area contributed by atoms with Gasteiger partial charge in [0.05, 0.1) is 11.4 Å². The van der Waals surface area contributed by atoms with Gasteiger partial charge in [0.1, 0.15) is 5.65 Å². The summed E-state index contributed by atoms with van der Waals surface area (Å²) in [5.41, 5.74) is 6.03. The van der Waals surface area contributed by atoms with Gasteiger partial charge < -0.3 is 5.32 Å². The van der Waals surface area contributed by atoms with Gasteiger partial charge in [-0.2, -0.15) is 5.10 Å². The Kier molecular flexibility index (Phi) is 5.95. The first-order valence-electron chi connectivity index (χ1n) is 10.9. The van der Waals surface area contributed by atoms with E-state index in [2.05, 4.69) is 5.32 Å². The van der Waals surface area contributed by atoms with Crippen LogP contribution >= 0.6 is 0 Å². The quantitative estimate of drug-likeness (QED) is 0.484. The van der Waals surface area contributed by atoms with Crippen LogP contribution in [-0.2, 0) is 17.8 Å². The minimum atomic E-state index is -0.106. The summed E-state index contributed by atoms with van der Waals surface area (Å²) in [6, 6.07) is 17.5. The first-order valence-corrected chi connectivity index (χ1v) is 10.9. The van der Waals surface area contributed by atoms with Gasteiger partial charge >= 0.3 is 0 Å². The molecule has 4 aromatic rings. The summed E-state index contributed by atoms with van der Waals surface area (Å²) >= 11 is 0. The van der Waals surface area contributed by atoms with Crippen LogP contribution in [0.15, 0.2) is 59.4 Å². The third-order valence-electron chi connectivity index (χ3n) is 5.88. The van der Waals surface area contributed by atoms with Crippen LogP contribution < -0.4 is 10.9 Å². The molecule has 0 spiro atoms. The molecule has 0 atom stereocenters. The first-order chi connectivity index (χ1) is 15.4. The van der Waals surface area contributed by atoms with Crippen LogP contribution in [0.5, 0.6) is 0 Å². The van der Waals surface area contributed by atoms with Crippen LogP contribution in [-0.4, -0.2) is 20.3 Å². The summed E-state index contributed by atoms with van der Waals surface area (Å²) in [4.78, 5) is 25.9. The lowest BCUT2D eigenvalue weighted by Crippen LogP contribution is -2.27. The van der Waals surface area contributed by atoms with Crippen molar-refractivity contribution in [1.29, 1.82) is 0 Å². The summed E-state index contributed by atoms with van der Waals surface area (Å²) < 4.78 is 3.63. The molecule has 1 N–H and O–H groups in total. The molecule has 0 aliphatic carbocycles. The van der Waals surface area contributed by atoms with Gasteiger partial charge in [0.2, 0.25) is 5.91 Å². The van der Waals surface area contributed by atoms with Crippen molar-refractivity contribution in [2.45, 2.75) is 47.1 Å². The SMILES string of the molecule is CCn1c(=O)c(CCC(=O)Nc2ccccc2)c(C)c2c(C)nn(-c3ccc(C)cc3)c21. The average molecular weight is 429 g/mol. The zero-order valence-corrected chi connectivity index (χ0v) is 19.0. The molecular weight excluding hydrogens is 400 g/mol. The number of hydrogen-bond donors (Lipinski definition) is 1. The van der Waals surface area contributed by atoms with Crippen molar-refractivity contribution in [3.63, 3.8) is 0 Å². The number of carbonyl (C=O) groups excluding carboxylic acids is 1. The highest BCUT2D eigenvalue weighted by atomic mass is 16.1. The Balaban J connectivity index is 1.73. The van der Waals surface area contributed by atoms with Gasteiger partial charge in [0.25, 0.3) is 5.56 Å². The second-order valence-electron chi connectivity index (χ2n) is 8.10. The maximum absolute atomic E-state index is 13.4. The summed E-state index contributed by atoms with van der Waals surface area (Å²) in [6.45, 7) is 8.46. The van der Waals surface area contributed by atoms with E-state index in [-0.39, 0.29) is 17.9 Å². The standard InChI is InChI=1S/C26H28N4O2/c1-5-29-25-24(19(4)28-30(25)21-13-11-17(2)12-14-21)18(3)22(26(29)32)15-16-23(31)27-20-9-7-6-8-10-20/h6-14H,5,15-16H2,1-4H3,(H,27,31). The summed E-state index contributed by atoms with van der Waals surface area (Å²) in [7, 11) is 0. The molecule has 0 saturated carbocycles. The molecule has 0 bridgehead atoms. The van der Waals surface area contributed by atoms with Crippen molar-refractivity contribution in [3.05, 3.63) is 87.3 Å². The van der Waals surface area contributed by atoms with E-state index in [4.69, 9.17) is 5.10 Å². The highest BCUT2D eigenvalue weighted by Crippen LogP contribution is 2.26. The van der Waals surface area contributed by atoms with Crippen LogP contribution in [0.3, 0.4) is 0 Å². The Morgan fingerprint density at radius 1 is 1.00 bits per heavy atom. The molecule has 2 aromatic carbocycles. The zero-order valence-electron chi connectivity index (χ0n) is 19.0. The molecule has 0 aliphatic rings. The van der Waals surface area contributed by atoms with Gasteiger partial charge in [0, 0.05) is 29.6 Å². The number of nitrogens with zero attached hydrogens (tertiary/aromatic N) is 3. The fourth-order valence-electron chi connectivity index (χ4n) is 4.21. The number of amides is 1. The number of para-hydroxylation sites is 1. The summed E-state index contributed by atoms with van der Waals surface area (Å²) in [6.07, 6.45) is 0.625. The molecule has 164 valence electrons. The third kappa shape index (κ3) is 3.96. The second-order valence-corrected chi connectivity index (χ2v) is 8.10. The summed E-state index contributed by atoms with van der Waals surface area (Å²) in [5, 5.41) is 8.64. The van der Waals surface area contributed by atoms with Gasteiger partial charge in [-0.1, -0.05) is 35.9 Å². The Morgan fingerprint density at radius 2 is 1.69 bits per heavy atom.